The van der Waals surface area contributed by atoms with Crippen molar-refractivity contribution in [1.29, 1.82) is 0 Å². The van der Waals surface area contributed by atoms with E-state index < -0.39 is 312 Å². The van der Waals surface area contributed by atoms with Gasteiger partial charge in [0.25, 0.3) is 0 Å². The molecular formula is C92H159N2O44P2-7. The van der Waals surface area contributed by atoms with Crippen molar-refractivity contribution < 1.29 is 215 Å². The molecule has 818 valence electrons. The van der Waals surface area contributed by atoms with E-state index in [0.29, 0.717) is 57.8 Å². The lowest BCUT2D eigenvalue weighted by molar-refractivity contribution is -0.432. The van der Waals surface area contributed by atoms with Gasteiger partial charge < -0.3 is 207 Å². The van der Waals surface area contributed by atoms with Crippen LogP contribution in [0, 0.1) is 0 Å². The van der Waals surface area contributed by atoms with Gasteiger partial charge in [0.05, 0.1) is 117 Å². The Morgan fingerprint density at radius 2 is 0.679 bits per heavy atom. The molecule has 0 bridgehead atoms. The standard InChI is InChI=1S/C92H166N2O44P2/c1-5-9-13-17-21-25-29-33-37-41-57(98)45-69(106)93-73-83(130-71(108)47-59(100)43-39-35-31-27-23-19-15-11-7-3)78(113)67(128-86(73)138-140(123,124)125)55-126-85-74(94-70(107)46-58(99)42-38-34-30-26-22-18-14-10-6-2)84(131-72(109)48-60(101)44-40-36-32-28-24-20-16-12-8-4)82(137-139(120,121)122)68(129-85)56-127-90(87(114)115)50-65(76(111)80(134-90)63(104)53-96)133-92(89(118)119)51-66(77(112)81(136-92)64(105)54-97)132-91(88(116)117)49-61(102)75(110)79(135-91)62(103)52-95/h57-68,73-86,95-105,110-113H,5-56H2,1-4H3,(H,93,106)(H,94,107)(H,114,115)(H,116,117)(H,118,119)(H2,120,121,122)(H2,123,124,125)/p-7/t57-,58-,59-,60-,61-,62-,63-,64-,65-,66-,67-,68-,73-,74-,75-,76-,77-,78-,79-,80-,81-,82-,83-,84-,85-,86-,90-,91-,92-/m1/s1. The predicted octanol–water partition coefficient (Wildman–Crippen LogP) is -2.65. The summed E-state index contributed by atoms with van der Waals surface area (Å²) in [6.45, 7) is 0.751. The zero-order valence-electron chi connectivity index (χ0n) is 81.2. The number of carboxylic acids is 3. The molecule has 5 aliphatic heterocycles. The molecule has 0 aliphatic carbocycles. The first kappa shape index (κ1) is 126. The third-order valence-corrected chi connectivity index (χ3v) is 27.0. The highest BCUT2D eigenvalue weighted by Gasteiger charge is 2.62. The summed E-state index contributed by atoms with van der Waals surface area (Å²) in [4.78, 5) is 152. The van der Waals surface area contributed by atoms with Crippen molar-refractivity contribution in [2.45, 2.75) is 506 Å². The van der Waals surface area contributed by atoms with E-state index in [2.05, 4.69) is 38.3 Å². The van der Waals surface area contributed by atoms with Crippen LogP contribution in [0.4, 0.5) is 0 Å². The lowest BCUT2D eigenvalue weighted by Gasteiger charge is -2.54. The summed E-state index contributed by atoms with van der Waals surface area (Å²) in [5.74, 6) is -24.4. The van der Waals surface area contributed by atoms with Crippen LogP contribution in [-0.2, 0) is 104 Å². The van der Waals surface area contributed by atoms with Crippen LogP contribution in [0.5, 0.6) is 0 Å². The number of hydrogen-bond acceptors (Lipinski definition) is 44. The highest BCUT2D eigenvalue weighted by molar-refractivity contribution is 7.43. The number of carboxylic acid groups (broad SMARTS) is 3. The lowest BCUT2D eigenvalue weighted by atomic mass is 9.89. The Balaban J connectivity index is 1.71. The van der Waals surface area contributed by atoms with Crippen LogP contribution in [0.15, 0.2) is 0 Å². The smallest absolute Gasteiger partial charge is 0.308 e. The van der Waals surface area contributed by atoms with Gasteiger partial charge in [-0.25, -0.2) is 0 Å². The summed E-state index contributed by atoms with van der Waals surface area (Å²) in [6, 6.07) is -4.68. The zero-order valence-corrected chi connectivity index (χ0v) is 83.0. The van der Waals surface area contributed by atoms with Crippen molar-refractivity contribution in [2.75, 3.05) is 33.0 Å². The first-order valence-corrected chi connectivity index (χ1v) is 53.3. The van der Waals surface area contributed by atoms with Gasteiger partial charge in [-0.15, -0.1) is 0 Å². The van der Waals surface area contributed by atoms with Crippen LogP contribution in [0.1, 0.15) is 329 Å². The van der Waals surface area contributed by atoms with E-state index in [0.717, 1.165) is 173 Å². The summed E-state index contributed by atoms with van der Waals surface area (Å²) >= 11 is 0. The minimum absolute atomic E-state index is 0.0267. The van der Waals surface area contributed by atoms with Crippen molar-refractivity contribution >= 4 is 57.3 Å². The highest BCUT2D eigenvalue weighted by Crippen LogP contribution is 2.46. The molecular weight excluding hydrogens is 1900 g/mol. The average Bonchev–Trinajstić information content (AvgIpc) is 0.738. The lowest BCUT2D eigenvalue weighted by Crippen LogP contribution is -2.72. The number of aliphatic hydroxyl groups is 15. The third-order valence-electron chi connectivity index (χ3n) is 26.0. The maximum atomic E-state index is 14.8. The van der Waals surface area contributed by atoms with Gasteiger partial charge in [0.2, 0.25) is 29.2 Å². The Labute approximate surface area is 818 Å². The normalized spacial score (nSPS) is 30.0. The molecule has 48 heteroatoms. The summed E-state index contributed by atoms with van der Waals surface area (Å²) in [7, 11) is -13.2. The van der Waals surface area contributed by atoms with Crippen molar-refractivity contribution in [1.82, 2.24) is 10.6 Å². The fourth-order valence-electron chi connectivity index (χ4n) is 18.2. The quantitative estimate of drug-likeness (QED) is 0.0168. The molecule has 5 saturated heterocycles. The fraction of sp³-hybridized carbons (Fsp3) is 0.924. The number of hydrogen-bond donors (Lipinski definition) is 17. The number of nitrogens with one attached hydrogen (secondary N) is 2. The summed E-state index contributed by atoms with van der Waals surface area (Å²) in [5, 5.41) is 213. The number of ether oxygens (including phenoxy) is 11. The van der Waals surface area contributed by atoms with Gasteiger partial charge in [-0.2, -0.15) is 0 Å². The van der Waals surface area contributed by atoms with Gasteiger partial charge in [-0.3, -0.25) is 19.2 Å². The minimum Gasteiger partial charge on any atom is -0.790 e. The largest absolute Gasteiger partial charge is 0.790 e. The molecule has 0 saturated carbocycles. The van der Waals surface area contributed by atoms with E-state index in [1.807, 2.05) is 0 Å². The average molecular weight is 2060 g/mol. The highest BCUT2D eigenvalue weighted by atomic mass is 31.2. The predicted molar refractivity (Wildman–Crippen MR) is 475 cm³/mol. The number of aliphatic hydroxyl groups excluding tert-OH is 15. The monoisotopic (exact) mass is 2060 g/mol. The van der Waals surface area contributed by atoms with Gasteiger partial charge >= 0.3 is 11.9 Å². The molecule has 29 atom stereocenters. The third kappa shape index (κ3) is 43.4. The Morgan fingerprint density at radius 3 is 1.03 bits per heavy atom. The van der Waals surface area contributed by atoms with Gasteiger partial charge in [0.15, 0.2) is 24.8 Å². The molecule has 17 N–H and O–H groups in total. The van der Waals surface area contributed by atoms with Gasteiger partial charge in [0, 0.05) is 19.3 Å². The summed E-state index contributed by atoms with van der Waals surface area (Å²) < 4.78 is 101. The molecule has 5 fully saturated rings. The maximum Gasteiger partial charge on any atom is 0.308 e. The molecule has 0 aromatic heterocycles. The van der Waals surface area contributed by atoms with Crippen LogP contribution in [0.3, 0.4) is 0 Å². The molecule has 5 heterocycles. The van der Waals surface area contributed by atoms with Crippen LogP contribution in [0.2, 0.25) is 0 Å². The second-order valence-electron chi connectivity index (χ2n) is 37.9. The van der Waals surface area contributed by atoms with Crippen molar-refractivity contribution in [3.8, 4) is 0 Å². The second kappa shape index (κ2) is 65.4. The number of unbranched alkanes of at least 4 members (excludes halogenated alkanes) is 32. The Hall–Kier alpha value is -4.45. The first-order valence-electron chi connectivity index (χ1n) is 50.4. The van der Waals surface area contributed by atoms with E-state index in [9.17, 15) is 154 Å². The zero-order chi connectivity index (χ0) is 104. The number of rotatable bonds is 75. The Bertz CT molecular complexity index is 3620. The number of carbonyl (C=O) groups excluding carboxylic acids is 7. The number of phosphoric acid groups is 2. The van der Waals surface area contributed by atoms with Gasteiger partial charge in [-0.05, 0) is 25.7 Å². The van der Waals surface area contributed by atoms with Gasteiger partial charge in [0.1, 0.15) is 109 Å². The minimum atomic E-state index is -6.74. The number of esters is 2. The molecule has 0 aromatic carbocycles. The SMILES string of the molecule is CCCCCCCCCCC[C@@H](O)CC(=O)N[C@H]1[C@H](OC[C@H]2O[C@H](OP(=O)([O-])[O-])[C@H](NC(=O)C[C@H](O)CCCCCCCCCCC)[C@@H](OC(=O)C[C@H](O)CCCCCCCCCCC)[C@@H]2O)O[C@H](CO[C@]2(C(=O)[O-])C[C@@H](O[C@]3(C(=O)[O-])C[C@@H](O[C@]4(C(=O)[O-])C[C@@H](O)[C@@H](O)[C@@H]([C@H](O)CO)O4)[C@@H](O)[C@@H]([C@H](O)CO)O3)[C@@H](O)[C@@H]([C@H](O)CO)O2)[C@@H](OP(=O)([O-])[O-])[C@@H]1OC(=O)C[C@H](O)CCCCCCCCCCC. The van der Waals surface area contributed by atoms with Crippen LogP contribution >= 0.6 is 15.6 Å². The maximum absolute atomic E-state index is 14.8. The molecule has 5 rings (SSSR count). The molecule has 0 radical (unpaired) electrons. The molecule has 2 amide bonds. The van der Waals surface area contributed by atoms with Crippen LogP contribution < -0.4 is 45.5 Å². The van der Waals surface area contributed by atoms with E-state index in [-0.39, 0.29) is 25.7 Å². The Morgan fingerprint density at radius 1 is 0.371 bits per heavy atom. The topological polar surface area (TPSA) is 763 Å². The summed E-state index contributed by atoms with van der Waals surface area (Å²) in [6.07, 6.45) is -34.6. The molecule has 5 aliphatic rings. The summed E-state index contributed by atoms with van der Waals surface area (Å²) in [5.41, 5.74) is 0. The number of amides is 2. The van der Waals surface area contributed by atoms with Crippen LogP contribution in [0.25, 0.3) is 0 Å². The molecule has 46 nitrogen and oxygen atoms in total. The van der Waals surface area contributed by atoms with E-state index in [1.54, 1.807) is 0 Å². The van der Waals surface area contributed by atoms with Crippen molar-refractivity contribution in [3.05, 3.63) is 0 Å². The number of phosphoric ester groups is 2. The number of carbonyl (C=O) groups is 7. The number of aliphatic carboxylic acids is 3. The van der Waals surface area contributed by atoms with Crippen LogP contribution in [-0.4, -0.2) is 328 Å². The fourth-order valence-corrected chi connectivity index (χ4v) is 19.1. The van der Waals surface area contributed by atoms with E-state index >= 15 is 0 Å². The van der Waals surface area contributed by atoms with Crippen molar-refractivity contribution in [3.63, 3.8) is 0 Å². The molecule has 0 spiro atoms. The van der Waals surface area contributed by atoms with E-state index in [1.165, 1.54) is 0 Å². The Kier molecular flexibility index (Phi) is 58.9. The van der Waals surface area contributed by atoms with E-state index in [4.69, 9.17) is 61.2 Å². The molecule has 0 unspecified atom stereocenters. The second-order valence-corrected chi connectivity index (χ2v) is 40.1. The first-order chi connectivity index (χ1) is 66.4. The molecule has 0 aromatic rings. The molecule has 140 heavy (non-hydrogen) atoms. The van der Waals surface area contributed by atoms with Gasteiger partial charge in [-0.1, -0.05) is 259 Å². The van der Waals surface area contributed by atoms with Crippen molar-refractivity contribution in [2.24, 2.45) is 0 Å².